The van der Waals surface area contributed by atoms with Gasteiger partial charge in [0.1, 0.15) is 0 Å². The second kappa shape index (κ2) is 3.85. The Hall–Kier alpha value is -1.82. The normalized spacial score (nSPS) is 16.8. The fraction of sp³-hybridized carbons (Fsp3) is 0.300. The Morgan fingerprint density at radius 2 is 1.05 bits per heavy atom. The maximum Gasteiger partial charge on any atom is -0.0111 e. The van der Waals surface area contributed by atoms with E-state index < -0.39 is 0 Å². The summed E-state index contributed by atoms with van der Waals surface area (Å²) in [6, 6.07) is 14.0. The van der Waals surface area contributed by atoms with Crippen molar-refractivity contribution in [1.82, 2.24) is 0 Å². The van der Waals surface area contributed by atoms with Gasteiger partial charge in [-0.2, -0.15) is 0 Å². The summed E-state index contributed by atoms with van der Waals surface area (Å²) in [5.74, 6) is 0. The summed E-state index contributed by atoms with van der Waals surface area (Å²) in [6.07, 6.45) is 7.65. The van der Waals surface area contributed by atoms with Crippen LogP contribution in [0.25, 0.3) is 21.5 Å². The van der Waals surface area contributed by atoms with Crippen LogP contribution in [-0.2, 0) is 25.7 Å². The smallest absolute Gasteiger partial charge is 0.0111 e. The Morgan fingerprint density at radius 3 is 1.55 bits per heavy atom. The van der Waals surface area contributed by atoms with Gasteiger partial charge in [0.25, 0.3) is 0 Å². The zero-order valence-corrected chi connectivity index (χ0v) is 11.7. The van der Waals surface area contributed by atoms with Gasteiger partial charge in [-0.05, 0) is 82.3 Å². The van der Waals surface area contributed by atoms with Crippen molar-refractivity contribution in [3.05, 3.63) is 58.7 Å². The highest BCUT2D eigenvalue weighted by Crippen LogP contribution is 2.42. The van der Waals surface area contributed by atoms with Gasteiger partial charge in [0.15, 0.2) is 0 Å². The van der Waals surface area contributed by atoms with Crippen LogP contribution in [0.1, 0.15) is 35.1 Å². The molecule has 20 heavy (non-hydrogen) atoms. The SMILES string of the molecule is c1cc2c3c(c4cccc5c4c(c3c1)CCC5)CCC2. The number of hydrogen-bond donors (Lipinski definition) is 0. The maximum atomic E-state index is 2.37. The Bertz CT molecular complexity index is 781. The first-order valence-corrected chi connectivity index (χ1v) is 7.90. The lowest BCUT2D eigenvalue weighted by Gasteiger charge is -2.26. The summed E-state index contributed by atoms with van der Waals surface area (Å²) < 4.78 is 0. The highest BCUT2D eigenvalue weighted by molar-refractivity contribution is 6.08. The van der Waals surface area contributed by atoms with E-state index in [1.807, 2.05) is 0 Å². The molecule has 0 saturated heterocycles. The zero-order chi connectivity index (χ0) is 13.1. The van der Waals surface area contributed by atoms with Gasteiger partial charge in [-0.1, -0.05) is 36.4 Å². The predicted molar refractivity (Wildman–Crippen MR) is 85.5 cm³/mol. The van der Waals surface area contributed by atoms with Crippen molar-refractivity contribution in [2.24, 2.45) is 0 Å². The van der Waals surface area contributed by atoms with E-state index in [9.17, 15) is 0 Å². The Labute approximate surface area is 119 Å². The van der Waals surface area contributed by atoms with Gasteiger partial charge < -0.3 is 0 Å². The third kappa shape index (κ3) is 1.27. The van der Waals surface area contributed by atoms with E-state index in [2.05, 4.69) is 36.4 Å². The van der Waals surface area contributed by atoms with Crippen LogP contribution in [0.3, 0.4) is 0 Å². The van der Waals surface area contributed by atoms with Crippen molar-refractivity contribution in [2.45, 2.75) is 38.5 Å². The number of fused-ring (bicyclic) bond motifs is 2. The second-order valence-electron chi connectivity index (χ2n) is 6.34. The zero-order valence-electron chi connectivity index (χ0n) is 11.7. The molecule has 0 spiro atoms. The van der Waals surface area contributed by atoms with Gasteiger partial charge in [-0.25, -0.2) is 0 Å². The lowest BCUT2D eigenvalue weighted by molar-refractivity contribution is 0.800. The van der Waals surface area contributed by atoms with E-state index in [1.54, 1.807) is 43.8 Å². The van der Waals surface area contributed by atoms with Crippen molar-refractivity contribution < 1.29 is 0 Å². The highest BCUT2D eigenvalue weighted by Gasteiger charge is 2.22. The monoisotopic (exact) mass is 258 g/mol. The van der Waals surface area contributed by atoms with E-state index in [0.29, 0.717) is 0 Å². The van der Waals surface area contributed by atoms with Gasteiger partial charge in [-0.15, -0.1) is 0 Å². The quantitative estimate of drug-likeness (QED) is 0.499. The first-order chi connectivity index (χ1) is 9.93. The molecular weight excluding hydrogens is 240 g/mol. The molecule has 0 bridgehead atoms. The summed E-state index contributed by atoms with van der Waals surface area (Å²) in [6.45, 7) is 0. The maximum absolute atomic E-state index is 2.37. The molecule has 0 saturated carbocycles. The summed E-state index contributed by atoms with van der Waals surface area (Å²) in [4.78, 5) is 0. The van der Waals surface area contributed by atoms with Crippen molar-refractivity contribution >= 4 is 21.5 Å². The summed E-state index contributed by atoms with van der Waals surface area (Å²) >= 11 is 0. The molecule has 0 N–H and O–H groups in total. The van der Waals surface area contributed by atoms with Crippen LogP contribution in [0.5, 0.6) is 0 Å². The lowest BCUT2D eigenvalue weighted by Crippen LogP contribution is -2.08. The number of hydrogen-bond acceptors (Lipinski definition) is 0. The standard InChI is InChI=1S/C20H18/c1-5-13-6-2-11-17-18-12-4-8-14-7-3-10-16(20(14)18)15(9-1)19(13)17/h1,4-5,8-9,12H,2-3,6-7,10-11H2. The minimum atomic E-state index is 1.26. The molecule has 0 aromatic heterocycles. The van der Waals surface area contributed by atoms with Crippen molar-refractivity contribution in [2.75, 3.05) is 0 Å². The molecule has 0 unspecified atom stereocenters. The minimum Gasteiger partial charge on any atom is -0.0613 e. The summed E-state index contributed by atoms with van der Waals surface area (Å²) in [5, 5.41) is 6.30. The molecule has 2 aliphatic carbocycles. The molecule has 0 radical (unpaired) electrons. The summed E-state index contributed by atoms with van der Waals surface area (Å²) in [7, 11) is 0. The van der Waals surface area contributed by atoms with Crippen molar-refractivity contribution in [1.29, 1.82) is 0 Å². The Balaban J connectivity index is 2.12. The third-order valence-electron chi connectivity index (χ3n) is 5.30. The molecule has 0 heterocycles. The van der Waals surface area contributed by atoms with Crippen LogP contribution in [-0.4, -0.2) is 0 Å². The average Bonchev–Trinajstić information content (AvgIpc) is 2.52. The molecule has 0 heteroatoms. The van der Waals surface area contributed by atoms with Crippen molar-refractivity contribution in [3.8, 4) is 0 Å². The number of aryl methyl sites for hydroxylation is 4. The second-order valence-corrected chi connectivity index (χ2v) is 6.34. The average molecular weight is 258 g/mol. The largest absolute Gasteiger partial charge is 0.0613 e. The molecule has 3 aromatic carbocycles. The minimum absolute atomic E-state index is 1.26. The van der Waals surface area contributed by atoms with E-state index in [-0.39, 0.29) is 0 Å². The van der Waals surface area contributed by atoms with Crippen molar-refractivity contribution in [3.63, 3.8) is 0 Å². The molecular formula is C20H18. The fourth-order valence-electron chi connectivity index (χ4n) is 4.53. The first kappa shape index (κ1) is 10.9. The number of rotatable bonds is 0. The van der Waals surface area contributed by atoms with Gasteiger partial charge in [0, 0.05) is 0 Å². The van der Waals surface area contributed by atoms with E-state index in [4.69, 9.17) is 0 Å². The van der Waals surface area contributed by atoms with Gasteiger partial charge in [0.2, 0.25) is 0 Å². The Kier molecular flexibility index (Phi) is 2.10. The number of benzene rings is 3. The Morgan fingerprint density at radius 1 is 0.550 bits per heavy atom. The first-order valence-electron chi connectivity index (χ1n) is 7.90. The summed E-state index contributed by atoms with van der Waals surface area (Å²) in [5.41, 5.74) is 6.42. The van der Waals surface area contributed by atoms with Crippen LogP contribution >= 0.6 is 0 Å². The van der Waals surface area contributed by atoms with Gasteiger partial charge in [0.05, 0.1) is 0 Å². The van der Waals surface area contributed by atoms with Gasteiger partial charge >= 0.3 is 0 Å². The topological polar surface area (TPSA) is 0 Å². The van der Waals surface area contributed by atoms with Crippen LogP contribution in [0.4, 0.5) is 0 Å². The van der Waals surface area contributed by atoms with E-state index in [0.717, 1.165) is 0 Å². The lowest BCUT2D eigenvalue weighted by atomic mass is 9.78. The molecule has 2 aliphatic rings. The fourth-order valence-corrected chi connectivity index (χ4v) is 4.53. The third-order valence-corrected chi connectivity index (χ3v) is 5.30. The van der Waals surface area contributed by atoms with Crippen LogP contribution in [0.15, 0.2) is 36.4 Å². The van der Waals surface area contributed by atoms with E-state index >= 15 is 0 Å². The molecule has 0 atom stereocenters. The van der Waals surface area contributed by atoms with E-state index in [1.165, 1.54) is 38.5 Å². The van der Waals surface area contributed by atoms with Crippen LogP contribution < -0.4 is 0 Å². The molecule has 0 amide bonds. The van der Waals surface area contributed by atoms with Crippen LogP contribution in [0.2, 0.25) is 0 Å². The van der Waals surface area contributed by atoms with Crippen LogP contribution in [0, 0.1) is 0 Å². The molecule has 0 fully saturated rings. The molecule has 0 nitrogen and oxygen atoms in total. The molecule has 3 aromatic rings. The molecule has 98 valence electrons. The molecule has 0 aliphatic heterocycles. The van der Waals surface area contributed by atoms with Gasteiger partial charge in [-0.3, -0.25) is 0 Å². The predicted octanol–water partition coefficient (Wildman–Crippen LogP) is 4.97. The highest BCUT2D eigenvalue weighted by atomic mass is 14.3. The molecule has 5 rings (SSSR count).